The molecule has 1 nitrogen and oxygen atoms in total. The van der Waals surface area contributed by atoms with E-state index in [2.05, 4.69) is 5.32 Å². The van der Waals surface area contributed by atoms with Gasteiger partial charge < -0.3 is 5.32 Å². The molecular weight excluding hydrogens is 225 g/mol. The van der Waals surface area contributed by atoms with Crippen LogP contribution in [0.4, 0.5) is 4.39 Å². The number of halogens is 2. The van der Waals surface area contributed by atoms with E-state index < -0.39 is 0 Å². The Morgan fingerprint density at radius 1 is 1.12 bits per heavy atom. The van der Waals surface area contributed by atoms with Gasteiger partial charge in [-0.3, -0.25) is 0 Å². The van der Waals surface area contributed by atoms with Crippen molar-refractivity contribution in [3.05, 3.63) is 35.6 Å². The van der Waals surface area contributed by atoms with Crippen LogP contribution >= 0.6 is 12.4 Å². The second-order valence-corrected chi connectivity index (χ2v) is 4.31. The first kappa shape index (κ1) is 13.5. The van der Waals surface area contributed by atoms with Crippen molar-refractivity contribution >= 4 is 12.4 Å². The Morgan fingerprint density at radius 3 is 2.38 bits per heavy atom. The second-order valence-electron chi connectivity index (χ2n) is 4.31. The molecule has 0 radical (unpaired) electrons. The lowest BCUT2D eigenvalue weighted by atomic mass is 10.1. The van der Waals surface area contributed by atoms with Gasteiger partial charge in [0.1, 0.15) is 5.82 Å². The van der Waals surface area contributed by atoms with Crippen molar-refractivity contribution in [2.75, 3.05) is 6.54 Å². The molecule has 1 fully saturated rings. The molecule has 1 aliphatic carbocycles. The van der Waals surface area contributed by atoms with Crippen molar-refractivity contribution in [2.24, 2.45) is 0 Å². The predicted octanol–water partition coefficient (Wildman–Crippen LogP) is 3.32. The third-order valence-electron chi connectivity index (χ3n) is 3.12. The van der Waals surface area contributed by atoms with Crippen molar-refractivity contribution in [1.82, 2.24) is 5.32 Å². The summed E-state index contributed by atoms with van der Waals surface area (Å²) in [7, 11) is 0. The van der Waals surface area contributed by atoms with Crippen LogP contribution in [0.25, 0.3) is 0 Å². The van der Waals surface area contributed by atoms with Crippen LogP contribution in [0.15, 0.2) is 24.3 Å². The fourth-order valence-electron chi connectivity index (χ4n) is 2.20. The number of nitrogens with one attached hydrogen (secondary N) is 1. The molecule has 1 aromatic carbocycles. The molecule has 0 spiro atoms. The summed E-state index contributed by atoms with van der Waals surface area (Å²) >= 11 is 0. The van der Waals surface area contributed by atoms with Crippen molar-refractivity contribution < 1.29 is 4.39 Å². The van der Waals surface area contributed by atoms with E-state index in [4.69, 9.17) is 0 Å². The molecule has 90 valence electrons. The highest BCUT2D eigenvalue weighted by atomic mass is 35.5. The van der Waals surface area contributed by atoms with Crippen LogP contribution in [-0.4, -0.2) is 12.6 Å². The molecule has 0 saturated heterocycles. The van der Waals surface area contributed by atoms with E-state index in [1.54, 1.807) is 0 Å². The molecule has 0 unspecified atom stereocenters. The highest BCUT2D eigenvalue weighted by Crippen LogP contribution is 2.17. The van der Waals surface area contributed by atoms with Gasteiger partial charge in [-0.05, 0) is 43.5 Å². The normalized spacial score (nSPS) is 16.1. The average molecular weight is 244 g/mol. The first-order chi connectivity index (χ1) is 7.34. The third kappa shape index (κ3) is 4.11. The lowest BCUT2D eigenvalue weighted by Crippen LogP contribution is -2.27. The lowest BCUT2D eigenvalue weighted by molar-refractivity contribution is 0.527. The van der Waals surface area contributed by atoms with Crippen LogP contribution in [0.2, 0.25) is 0 Å². The van der Waals surface area contributed by atoms with Gasteiger partial charge in [-0.15, -0.1) is 12.4 Å². The molecule has 0 amide bonds. The maximum atomic E-state index is 12.6. The Hall–Kier alpha value is -0.600. The lowest BCUT2D eigenvalue weighted by Gasteiger charge is -2.11. The maximum absolute atomic E-state index is 12.6. The maximum Gasteiger partial charge on any atom is 0.123 e. The van der Waals surface area contributed by atoms with E-state index in [-0.39, 0.29) is 18.2 Å². The van der Waals surface area contributed by atoms with E-state index in [1.807, 2.05) is 12.1 Å². The Labute approximate surface area is 103 Å². The van der Waals surface area contributed by atoms with E-state index in [0.717, 1.165) is 19.0 Å². The number of rotatable bonds is 4. The highest BCUT2D eigenvalue weighted by molar-refractivity contribution is 5.85. The van der Waals surface area contributed by atoms with E-state index in [1.165, 1.54) is 43.4 Å². The molecule has 1 aromatic rings. The van der Waals surface area contributed by atoms with Crippen LogP contribution in [0.3, 0.4) is 0 Å². The number of benzene rings is 1. The first-order valence-electron chi connectivity index (χ1n) is 5.82. The van der Waals surface area contributed by atoms with Crippen molar-refractivity contribution in [2.45, 2.75) is 38.1 Å². The molecular formula is C13H19ClFN. The Bertz CT molecular complexity index is 293. The van der Waals surface area contributed by atoms with Crippen LogP contribution in [-0.2, 0) is 6.42 Å². The fourth-order valence-corrected chi connectivity index (χ4v) is 2.20. The van der Waals surface area contributed by atoms with Gasteiger partial charge in [-0.2, -0.15) is 0 Å². The van der Waals surface area contributed by atoms with E-state index in [0.29, 0.717) is 0 Å². The van der Waals surface area contributed by atoms with Crippen LogP contribution in [0.1, 0.15) is 31.2 Å². The van der Waals surface area contributed by atoms with Gasteiger partial charge in [0.25, 0.3) is 0 Å². The third-order valence-corrected chi connectivity index (χ3v) is 3.12. The summed E-state index contributed by atoms with van der Waals surface area (Å²) in [5.74, 6) is -0.150. The average Bonchev–Trinajstić information content (AvgIpc) is 2.74. The Balaban J connectivity index is 0.00000128. The van der Waals surface area contributed by atoms with Crippen LogP contribution in [0, 0.1) is 5.82 Å². The highest BCUT2D eigenvalue weighted by Gasteiger charge is 2.13. The minimum Gasteiger partial charge on any atom is -0.314 e. The summed E-state index contributed by atoms with van der Waals surface area (Å²) in [5.41, 5.74) is 1.21. The zero-order valence-electron chi connectivity index (χ0n) is 9.42. The quantitative estimate of drug-likeness (QED) is 0.856. The first-order valence-corrected chi connectivity index (χ1v) is 5.82. The molecule has 0 heterocycles. The van der Waals surface area contributed by atoms with Gasteiger partial charge in [-0.25, -0.2) is 4.39 Å². The second kappa shape index (κ2) is 6.87. The molecule has 1 aliphatic rings. The molecule has 1 N–H and O–H groups in total. The topological polar surface area (TPSA) is 12.0 Å². The molecule has 0 bridgehead atoms. The van der Waals surface area contributed by atoms with Crippen molar-refractivity contribution in [3.8, 4) is 0 Å². The van der Waals surface area contributed by atoms with Gasteiger partial charge in [-0.1, -0.05) is 25.0 Å². The smallest absolute Gasteiger partial charge is 0.123 e. The summed E-state index contributed by atoms with van der Waals surface area (Å²) < 4.78 is 12.6. The summed E-state index contributed by atoms with van der Waals surface area (Å²) in [6, 6.07) is 7.53. The molecule has 16 heavy (non-hydrogen) atoms. The van der Waals surface area contributed by atoms with Gasteiger partial charge in [0.15, 0.2) is 0 Å². The monoisotopic (exact) mass is 243 g/mol. The minimum absolute atomic E-state index is 0. The summed E-state index contributed by atoms with van der Waals surface area (Å²) in [4.78, 5) is 0. The van der Waals surface area contributed by atoms with E-state index >= 15 is 0 Å². The van der Waals surface area contributed by atoms with Gasteiger partial charge in [0.05, 0.1) is 0 Å². The molecule has 1 saturated carbocycles. The summed E-state index contributed by atoms with van der Waals surface area (Å²) in [6.07, 6.45) is 6.38. The molecule has 3 heteroatoms. The van der Waals surface area contributed by atoms with Gasteiger partial charge in [0, 0.05) is 6.04 Å². The fraction of sp³-hybridized carbons (Fsp3) is 0.538. The largest absolute Gasteiger partial charge is 0.314 e. The van der Waals surface area contributed by atoms with Crippen molar-refractivity contribution in [1.29, 1.82) is 0 Å². The summed E-state index contributed by atoms with van der Waals surface area (Å²) in [5, 5.41) is 3.55. The number of hydrogen-bond donors (Lipinski definition) is 1. The zero-order valence-corrected chi connectivity index (χ0v) is 10.2. The van der Waals surface area contributed by atoms with Crippen molar-refractivity contribution in [3.63, 3.8) is 0 Å². The SMILES string of the molecule is Cl.Fc1ccc(CCNC2CCCC2)cc1. The molecule has 0 aromatic heterocycles. The standard InChI is InChI=1S/C13H18FN.ClH/c14-12-7-5-11(6-8-12)9-10-15-13-3-1-2-4-13;/h5-8,13,15H,1-4,9-10H2;1H. The Morgan fingerprint density at radius 2 is 1.75 bits per heavy atom. The van der Waals surface area contributed by atoms with Crippen LogP contribution in [0.5, 0.6) is 0 Å². The molecule has 0 aliphatic heterocycles. The minimum atomic E-state index is -0.150. The number of hydrogen-bond acceptors (Lipinski definition) is 1. The van der Waals surface area contributed by atoms with E-state index in [9.17, 15) is 4.39 Å². The predicted molar refractivity (Wildman–Crippen MR) is 67.6 cm³/mol. The zero-order chi connectivity index (χ0) is 10.5. The van der Waals surface area contributed by atoms with Crippen LogP contribution < -0.4 is 5.32 Å². The molecule has 0 atom stereocenters. The molecule has 2 rings (SSSR count). The summed E-state index contributed by atoms with van der Waals surface area (Å²) in [6.45, 7) is 1.01. The Kier molecular flexibility index (Phi) is 5.78. The van der Waals surface area contributed by atoms with Gasteiger partial charge >= 0.3 is 0 Å². The van der Waals surface area contributed by atoms with Gasteiger partial charge in [0.2, 0.25) is 0 Å².